The third-order valence-electron chi connectivity index (χ3n) is 2.44. The Bertz CT molecular complexity index is 488. The van der Waals surface area contributed by atoms with E-state index in [0.29, 0.717) is 0 Å². The van der Waals surface area contributed by atoms with Gasteiger partial charge in [-0.2, -0.15) is 0 Å². The Labute approximate surface area is 97.4 Å². The maximum absolute atomic E-state index is 5.81. The van der Waals surface area contributed by atoms with Gasteiger partial charge in [0.25, 0.3) is 0 Å². The largest absolute Gasteiger partial charge is 0.334 e. The van der Waals surface area contributed by atoms with Crippen LogP contribution in [-0.2, 0) is 13.5 Å². The third kappa shape index (κ3) is 2.06. The zero-order valence-corrected chi connectivity index (χ0v) is 10.5. The summed E-state index contributed by atoms with van der Waals surface area (Å²) in [5, 5.41) is 0. The SMILES string of the molecule is CC(N)Cc1cc2c(cc1Br)ncn2C. The van der Waals surface area contributed by atoms with Crippen LogP contribution in [0.4, 0.5) is 0 Å². The molecule has 15 heavy (non-hydrogen) atoms. The highest BCUT2D eigenvalue weighted by atomic mass is 79.9. The summed E-state index contributed by atoms with van der Waals surface area (Å²) in [6.07, 6.45) is 2.70. The van der Waals surface area contributed by atoms with Crippen molar-refractivity contribution < 1.29 is 0 Å². The van der Waals surface area contributed by atoms with Crippen LogP contribution in [-0.4, -0.2) is 15.6 Å². The quantitative estimate of drug-likeness (QED) is 0.907. The average Bonchev–Trinajstić information content (AvgIpc) is 2.48. The lowest BCUT2D eigenvalue weighted by Gasteiger charge is -2.08. The molecule has 1 unspecified atom stereocenters. The molecule has 0 radical (unpaired) electrons. The van der Waals surface area contributed by atoms with E-state index in [1.807, 2.05) is 30.9 Å². The van der Waals surface area contributed by atoms with Gasteiger partial charge >= 0.3 is 0 Å². The van der Waals surface area contributed by atoms with E-state index in [0.717, 1.165) is 21.9 Å². The molecule has 0 saturated heterocycles. The molecule has 4 heteroatoms. The van der Waals surface area contributed by atoms with Gasteiger partial charge in [0.2, 0.25) is 0 Å². The van der Waals surface area contributed by atoms with Crippen molar-refractivity contribution in [3.8, 4) is 0 Å². The summed E-state index contributed by atoms with van der Waals surface area (Å²) >= 11 is 3.55. The highest BCUT2D eigenvalue weighted by Gasteiger charge is 2.07. The number of hydrogen-bond acceptors (Lipinski definition) is 2. The molecule has 3 nitrogen and oxygen atoms in total. The van der Waals surface area contributed by atoms with Crippen LogP contribution in [0, 0.1) is 0 Å². The molecule has 2 aromatic rings. The first-order valence-corrected chi connectivity index (χ1v) is 5.72. The molecule has 1 atom stereocenters. The normalized spacial score (nSPS) is 13.3. The summed E-state index contributed by atoms with van der Waals surface area (Å²) in [6.45, 7) is 2.01. The Balaban J connectivity index is 2.54. The second kappa shape index (κ2) is 3.94. The molecule has 80 valence electrons. The van der Waals surface area contributed by atoms with Crippen LogP contribution < -0.4 is 5.73 Å². The van der Waals surface area contributed by atoms with E-state index in [1.165, 1.54) is 5.56 Å². The monoisotopic (exact) mass is 267 g/mol. The number of aryl methyl sites for hydroxylation is 1. The molecule has 1 aromatic carbocycles. The molecule has 1 aromatic heterocycles. The van der Waals surface area contributed by atoms with Crippen LogP contribution in [0.1, 0.15) is 12.5 Å². The molecule has 0 bridgehead atoms. The van der Waals surface area contributed by atoms with E-state index < -0.39 is 0 Å². The molecule has 1 heterocycles. The van der Waals surface area contributed by atoms with Crippen LogP contribution in [0.15, 0.2) is 22.9 Å². The number of fused-ring (bicyclic) bond motifs is 1. The van der Waals surface area contributed by atoms with Gasteiger partial charge in [0.05, 0.1) is 17.4 Å². The van der Waals surface area contributed by atoms with E-state index in [9.17, 15) is 0 Å². The van der Waals surface area contributed by atoms with Crippen LogP contribution in [0.3, 0.4) is 0 Å². The Morgan fingerprint density at radius 1 is 1.53 bits per heavy atom. The van der Waals surface area contributed by atoms with Gasteiger partial charge in [0.15, 0.2) is 0 Å². The predicted octanol–water partition coefficient (Wildman–Crippen LogP) is 2.23. The Morgan fingerprint density at radius 2 is 2.27 bits per heavy atom. The van der Waals surface area contributed by atoms with Crippen LogP contribution in [0.2, 0.25) is 0 Å². The molecule has 0 saturated carbocycles. The van der Waals surface area contributed by atoms with Crippen LogP contribution in [0.25, 0.3) is 11.0 Å². The highest BCUT2D eigenvalue weighted by molar-refractivity contribution is 9.10. The molecular weight excluding hydrogens is 254 g/mol. The molecule has 2 N–H and O–H groups in total. The Kier molecular flexibility index (Phi) is 2.80. The zero-order valence-electron chi connectivity index (χ0n) is 8.87. The van der Waals surface area contributed by atoms with E-state index in [1.54, 1.807) is 0 Å². The molecule has 0 aliphatic carbocycles. The minimum atomic E-state index is 0.173. The number of benzene rings is 1. The van der Waals surface area contributed by atoms with Crippen LogP contribution >= 0.6 is 15.9 Å². The minimum absolute atomic E-state index is 0.173. The van der Waals surface area contributed by atoms with Gasteiger partial charge in [0.1, 0.15) is 0 Å². The lowest BCUT2D eigenvalue weighted by atomic mass is 10.1. The average molecular weight is 268 g/mol. The lowest BCUT2D eigenvalue weighted by Crippen LogP contribution is -2.18. The lowest BCUT2D eigenvalue weighted by molar-refractivity contribution is 0.736. The third-order valence-corrected chi connectivity index (χ3v) is 3.17. The van der Waals surface area contributed by atoms with Crippen molar-refractivity contribution in [3.63, 3.8) is 0 Å². The molecular formula is C11H14BrN3. The van der Waals surface area contributed by atoms with Crippen molar-refractivity contribution in [3.05, 3.63) is 28.5 Å². The van der Waals surface area contributed by atoms with Crippen molar-refractivity contribution in [1.29, 1.82) is 0 Å². The summed E-state index contributed by atoms with van der Waals surface area (Å²) < 4.78 is 3.11. The topological polar surface area (TPSA) is 43.8 Å². The smallest absolute Gasteiger partial charge is 0.0955 e. The number of nitrogens with zero attached hydrogens (tertiary/aromatic N) is 2. The first-order chi connectivity index (χ1) is 7.08. The summed E-state index contributed by atoms with van der Waals surface area (Å²) in [4.78, 5) is 4.30. The van der Waals surface area contributed by atoms with Gasteiger partial charge in [-0.05, 0) is 31.0 Å². The second-order valence-electron chi connectivity index (χ2n) is 3.97. The van der Waals surface area contributed by atoms with E-state index in [4.69, 9.17) is 5.73 Å². The number of hydrogen-bond donors (Lipinski definition) is 1. The van der Waals surface area contributed by atoms with Gasteiger partial charge < -0.3 is 10.3 Å². The minimum Gasteiger partial charge on any atom is -0.334 e. The van der Waals surface area contributed by atoms with Gasteiger partial charge in [0, 0.05) is 17.6 Å². The van der Waals surface area contributed by atoms with Gasteiger partial charge in [-0.25, -0.2) is 4.98 Å². The molecule has 0 amide bonds. The highest BCUT2D eigenvalue weighted by Crippen LogP contribution is 2.24. The van der Waals surface area contributed by atoms with E-state index in [-0.39, 0.29) is 6.04 Å². The standard InChI is InChI=1S/C11H14BrN3/c1-7(13)3-8-4-11-10(5-9(8)12)14-6-15(11)2/h4-7H,3,13H2,1-2H3. The maximum Gasteiger partial charge on any atom is 0.0955 e. The first kappa shape index (κ1) is 10.6. The second-order valence-corrected chi connectivity index (χ2v) is 4.82. The zero-order chi connectivity index (χ0) is 11.0. The van der Waals surface area contributed by atoms with Crippen LogP contribution in [0.5, 0.6) is 0 Å². The van der Waals surface area contributed by atoms with E-state index in [2.05, 4.69) is 27.0 Å². The fourth-order valence-corrected chi connectivity index (χ4v) is 2.19. The Morgan fingerprint density at radius 3 is 2.93 bits per heavy atom. The first-order valence-electron chi connectivity index (χ1n) is 4.93. The Hall–Kier alpha value is -0.870. The number of aromatic nitrogens is 2. The number of imidazole rings is 1. The van der Waals surface area contributed by atoms with Gasteiger partial charge in [-0.3, -0.25) is 0 Å². The molecule has 0 fully saturated rings. The van der Waals surface area contributed by atoms with Crippen molar-refractivity contribution in [2.45, 2.75) is 19.4 Å². The van der Waals surface area contributed by atoms with Gasteiger partial charge in [-0.1, -0.05) is 15.9 Å². The fraction of sp³-hybridized carbons (Fsp3) is 0.364. The summed E-state index contributed by atoms with van der Waals surface area (Å²) in [6, 6.07) is 4.37. The fourth-order valence-electron chi connectivity index (χ4n) is 1.69. The summed E-state index contributed by atoms with van der Waals surface area (Å²) in [5.74, 6) is 0. The predicted molar refractivity (Wildman–Crippen MR) is 65.8 cm³/mol. The molecule has 0 spiro atoms. The molecule has 0 aliphatic heterocycles. The number of halogens is 1. The number of nitrogens with two attached hydrogens (primary N) is 1. The number of rotatable bonds is 2. The molecule has 0 aliphatic rings. The van der Waals surface area contributed by atoms with Crippen molar-refractivity contribution in [2.24, 2.45) is 12.8 Å². The van der Waals surface area contributed by atoms with Crippen molar-refractivity contribution >= 4 is 27.0 Å². The van der Waals surface area contributed by atoms with Crippen molar-refractivity contribution in [2.75, 3.05) is 0 Å². The van der Waals surface area contributed by atoms with E-state index >= 15 is 0 Å². The molecule has 2 rings (SSSR count). The summed E-state index contributed by atoms with van der Waals surface area (Å²) in [7, 11) is 2.00. The van der Waals surface area contributed by atoms with Crippen molar-refractivity contribution in [1.82, 2.24) is 9.55 Å². The van der Waals surface area contributed by atoms with Gasteiger partial charge in [-0.15, -0.1) is 0 Å². The maximum atomic E-state index is 5.81. The summed E-state index contributed by atoms with van der Waals surface area (Å²) in [5.41, 5.74) is 9.20.